The minimum Gasteiger partial charge on any atom is -0.310 e. The number of hydrogen-bond acceptors (Lipinski definition) is 2. The minimum atomic E-state index is 1.15. The van der Waals surface area contributed by atoms with Gasteiger partial charge >= 0.3 is 0 Å². The lowest BCUT2D eigenvalue weighted by molar-refractivity contribution is 1.24. The molecule has 0 heterocycles. The number of benzene rings is 6. The van der Waals surface area contributed by atoms with Crippen molar-refractivity contribution in [3.8, 4) is 11.1 Å². The molecule has 0 atom stereocenters. The largest absolute Gasteiger partial charge is 0.310 e. The zero-order valence-electron chi connectivity index (χ0n) is 26.6. The summed E-state index contributed by atoms with van der Waals surface area (Å²) in [7, 11) is 0. The molecule has 0 N–H and O–H groups in total. The van der Waals surface area contributed by atoms with E-state index in [1.807, 2.05) is 0 Å². The molecule has 218 valence electrons. The quantitative estimate of drug-likeness (QED) is 0.188. The topological polar surface area (TPSA) is 6.48 Å². The molecule has 6 aromatic rings. The maximum Gasteiger partial charge on any atom is 0.0464 e. The molecule has 0 saturated carbocycles. The first-order valence-corrected chi connectivity index (χ1v) is 15.4. The molecular formula is C42H40N2. The van der Waals surface area contributed by atoms with Gasteiger partial charge in [-0.25, -0.2) is 0 Å². The Hall–Kier alpha value is -5.08. The van der Waals surface area contributed by atoms with Crippen molar-refractivity contribution in [3.63, 3.8) is 0 Å². The fourth-order valence-electron chi connectivity index (χ4n) is 6.14. The van der Waals surface area contributed by atoms with Crippen molar-refractivity contribution < 1.29 is 0 Å². The lowest BCUT2D eigenvalue weighted by Crippen LogP contribution is -2.11. The predicted molar refractivity (Wildman–Crippen MR) is 190 cm³/mol. The Morgan fingerprint density at radius 2 is 0.568 bits per heavy atom. The van der Waals surface area contributed by atoms with Gasteiger partial charge in [-0.3, -0.25) is 0 Å². The van der Waals surface area contributed by atoms with Gasteiger partial charge < -0.3 is 9.80 Å². The van der Waals surface area contributed by atoms with Crippen LogP contribution in [0.4, 0.5) is 34.1 Å². The van der Waals surface area contributed by atoms with Gasteiger partial charge in [0.1, 0.15) is 0 Å². The van der Waals surface area contributed by atoms with Crippen molar-refractivity contribution in [1.82, 2.24) is 0 Å². The molecule has 6 aromatic carbocycles. The SMILES string of the molecule is Cc1cccc(N(c2cccc(C)c2)c2ccc(-c3ccc(N(c4cccc(C)c4)c4cccc(C)c4)cc3C)c(C)c2)c1. The summed E-state index contributed by atoms with van der Waals surface area (Å²) in [5.41, 5.74) is 16.9. The van der Waals surface area contributed by atoms with Crippen molar-refractivity contribution in [2.45, 2.75) is 41.5 Å². The molecule has 6 rings (SSSR count). The summed E-state index contributed by atoms with van der Waals surface area (Å²) in [5, 5.41) is 0. The van der Waals surface area contributed by atoms with Crippen LogP contribution in [0.25, 0.3) is 11.1 Å². The molecule has 0 amide bonds. The van der Waals surface area contributed by atoms with Gasteiger partial charge in [0.05, 0.1) is 0 Å². The molecule has 0 aromatic heterocycles. The fraction of sp³-hybridized carbons (Fsp3) is 0.143. The van der Waals surface area contributed by atoms with Crippen LogP contribution in [0.5, 0.6) is 0 Å². The number of hydrogen-bond donors (Lipinski definition) is 0. The molecule has 0 aliphatic heterocycles. The monoisotopic (exact) mass is 572 g/mol. The van der Waals surface area contributed by atoms with E-state index in [9.17, 15) is 0 Å². The Labute approximate surface area is 262 Å². The molecule has 2 nitrogen and oxygen atoms in total. The smallest absolute Gasteiger partial charge is 0.0464 e. The first-order chi connectivity index (χ1) is 21.3. The fourth-order valence-corrected chi connectivity index (χ4v) is 6.14. The van der Waals surface area contributed by atoms with Gasteiger partial charge in [0.15, 0.2) is 0 Å². The van der Waals surface area contributed by atoms with Crippen LogP contribution in [0.3, 0.4) is 0 Å². The predicted octanol–water partition coefficient (Wildman–Crippen LogP) is 12.1. The second-order valence-corrected chi connectivity index (χ2v) is 12.0. The summed E-state index contributed by atoms with van der Waals surface area (Å²) in [5.74, 6) is 0. The van der Waals surface area contributed by atoms with E-state index in [2.05, 4.69) is 185 Å². The molecule has 0 aliphatic carbocycles. The van der Waals surface area contributed by atoms with Crippen LogP contribution >= 0.6 is 0 Å². The van der Waals surface area contributed by atoms with Crippen molar-refractivity contribution in [2.75, 3.05) is 9.80 Å². The lowest BCUT2D eigenvalue weighted by Gasteiger charge is -2.28. The first-order valence-electron chi connectivity index (χ1n) is 15.4. The van der Waals surface area contributed by atoms with E-state index < -0.39 is 0 Å². The molecular weight excluding hydrogens is 532 g/mol. The highest BCUT2D eigenvalue weighted by Gasteiger charge is 2.17. The van der Waals surface area contributed by atoms with Gasteiger partial charge in [-0.2, -0.15) is 0 Å². The maximum atomic E-state index is 2.36. The van der Waals surface area contributed by atoms with Crippen LogP contribution in [0, 0.1) is 41.5 Å². The third-order valence-corrected chi connectivity index (χ3v) is 8.27. The van der Waals surface area contributed by atoms with Crippen molar-refractivity contribution in [3.05, 3.63) is 167 Å². The van der Waals surface area contributed by atoms with Crippen LogP contribution in [-0.4, -0.2) is 0 Å². The van der Waals surface area contributed by atoms with Gasteiger partial charge in [-0.15, -0.1) is 0 Å². The summed E-state index contributed by atoms with van der Waals surface area (Å²) in [6.45, 7) is 13.1. The van der Waals surface area contributed by atoms with E-state index in [1.54, 1.807) is 0 Å². The Bertz CT molecular complexity index is 1720. The number of nitrogens with zero attached hydrogens (tertiary/aromatic N) is 2. The van der Waals surface area contributed by atoms with Gasteiger partial charge in [0.2, 0.25) is 0 Å². The van der Waals surface area contributed by atoms with Crippen molar-refractivity contribution in [2.24, 2.45) is 0 Å². The van der Waals surface area contributed by atoms with Gasteiger partial charge in [-0.1, -0.05) is 60.7 Å². The molecule has 0 aliphatic rings. The van der Waals surface area contributed by atoms with Crippen LogP contribution in [0.15, 0.2) is 133 Å². The first kappa shape index (κ1) is 29.0. The Kier molecular flexibility index (Phi) is 8.09. The zero-order valence-corrected chi connectivity index (χ0v) is 26.6. The third-order valence-electron chi connectivity index (χ3n) is 8.27. The minimum absolute atomic E-state index is 1.15. The molecule has 44 heavy (non-hydrogen) atoms. The van der Waals surface area contributed by atoms with Gasteiger partial charge in [0.25, 0.3) is 0 Å². The average Bonchev–Trinajstić information content (AvgIpc) is 2.98. The molecule has 0 fully saturated rings. The summed E-state index contributed by atoms with van der Waals surface area (Å²) in [6.07, 6.45) is 0. The second-order valence-electron chi connectivity index (χ2n) is 12.0. The average molecular weight is 573 g/mol. The molecule has 2 heteroatoms. The maximum absolute atomic E-state index is 2.36. The van der Waals surface area contributed by atoms with E-state index in [0.29, 0.717) is 0 Å². The Morgan fingerprint density at radius 3 is 0.818 bits per heavy atom. The lowest BCUT2D eigenvalue weighted by atomic mass is 9.95. The highest BCUT2D eigenvalue weighted by Crippen LogP contribution is 2.40. The summed E-state index contributed by atoms with van der Waals surface area (Å²) in [6, 6.07) is 48.6. The van der Waals surface area contributed by atoms with E-state index in [0.717, 1.165) is 34.1 Å². The van der Waals surface area contributed by atoms with E-state index in [-0.39, 0.29) is 0 Å². The highest BCUT2D eigenvalue weighted by atomic mass is 15.1. The van der Waals surface area contributed by atoms with E-state index >= 15 is 0 Å². The van der Waals surface area contributed by atoms with Gasteiger partial charge in [-0.05, 0) is 159 Å². The number of rotatable bonds is 7. The standard InChI is InChI=1S/C42H40N2/c1-29-11-7-15-35(23-29)43(36-16-8-12-30(2)24-36)39-19-21-41(33(5)27-39)42-22-20-40(28-34(42)6)44(37-17-9-13-31(3)25-37)38-18-10-14-32(4)26-38/h7-28H,1-6H3. The summed E-state index contributed by atoms with van der Waals surface area (Å²) in [4.78, 5) is 4.71. The van der Waals surface area contributed by atoms with E-state index in [4.69, 9.17) is 0 Å². The van der Waals surface area contributed by atoms with E-state index in [1.165, 1.54) is 44.5 Å². The molecule has 0 spiro atoms. The Balaban J connectivity index is 1.40. The zero-order chi connectivity index (χ0) is 30.8. The van der Waals surface area contributed by atoms with Crippen molar-refractivity contribution in [1.29, 1.82) is 0 Å². The second kappa shape index (κ2) is 12.3. The van der Waals surface area contributed by atoms with Crippen LogP contribution < -0.4 is 9.80 Å². The normalized spacial score (nSPS) is 11.0. The van der Waals surface area contributed by atoms with Crippen LogP contribution in [-0.2, 0) is 0 Å². The molecule has 0 radical (unpaired) electrons. The molecule has 0 unspecified atom stereocenters. The number of anilines is 6. The molecule has 0 bridgehead atoms. The highest BCUT2D eigenvalue weighted by molar-refractivity contribution is 5.83. The number of aryl methyl sites for hydroxylation is 6. The summed E-state index contributed by atoms with van der Waals surface area (Å²) >= 11 is 0. The van der Waals surface area contributed by atoms with Crippen LogP contribution in [0.1, 0.15) is 33.4 Å². The molecule has 0 saturated heterocycles. The Morgan fingerprint density at radius 1 is 0.295 bits per heavy atom. The van der Waals surface area contributed by atoms with Crippen LogP contribution in [0.2, 0.25) is 0 Å². The van der Waals surface area contributed by atoms with Crippen molar-refractivity contribution >= 4 is 34.1 Å². The van der Waals surface area contributed by atoms with Gasteiger partial charge in [0, 0.05) is 34.1 Å². The summed E-state index contributed by atoms with van der Waals surface area (Å²) < 4.78 is 0. The third kappa shape index (κ3) is 6.02.